The van der Waals surface area contributed by atoms with Crippen molar-refractivity contribution in [3.8, 4) is 11.1 Å². The van der Waals surface area contributed by atoms with Gasteiger partial charge in [-0.3, -0.25) is 4.79 Å². The molecule has 2 heterocycles. The van der Waals surface area contributed by atoms with Crippen LogP contribution in [0.25, 0.3) is 11.1 Å². The topological polar surface area (TPSA) is 105 Å². The molecule has 2 aromatic rings. The average Bonchev–Trinajstić information content (AvgIpc) is 3.59. The van der Waals surface area contributed by atoms with Crippen molar-refractivity contribution in [2.45, 2.75) is 24.5 Å². The van der Waals surface area contributed by atoms with Gasteiger partial charge in [-0.25, -0.2) is 9.59 Å². The van der Waals surface area contributed by atoms with E-state index in [1.165, 1.54) is 16.7 Å². The molecule has 34 heavy (non-hydrogen) atoms. The first-order valence-corrected chi connectivity index (χ1v) is 12.5. The summed E-state index contributed by atoms with van der Waals surface area (Å²) in [5.41, 5.74) is 4.61. The van der Waals surface area contributed by atoms with Crippen LogP contribution < -0.4 is 5.32 Å². The highest BCUT2D eigenvalue weighted by Gasteiger charge is 2.43. The number of fused-ring (bicyclic) bond motifs is 3. The van der Waals surface area contributed by atoms with Gasteiger partial charge >= 0.3 is 12.1 Å². The number of ether oxygens (including phenoxy) is 2. The molecule has 0 aromatic heterocycles. The van der Waals surface area contributed by atoms with Crippen molar-refractivity contribution in [2.24, 2.45) is 5.92 Å². The highest BCUT2D eigenvalue weighted by Crippen LogP contribution is 2.44. The zero-order valence-corrected chi connectivity index (χ0v) is 19.3. The summed E-state index contributed by atoms with van der Waals surface area (Å²) in [6.45, 7) is 0.840. The third kappa shape index (κ3) is 4.25. The Labute approximate surface area is 201 Å². The average molecular weight is 483 g/mol. The van der Waals surface area contributed by atoms with Crippen LogP contribution in [-0.2, 0) is 19.1 Å². The third-order valence-electron chi connectivity index (χ3n) is 6.76. The molecule has 3 atom stereocenters. The first kappa shape index (κ1) is 22.7. The Morgan fingerprint density at radius 1 is 1.09 bits per heavy atom. The number of alkyl carbamates (subject to hydrolysis) is 1. The summed E-state index contributed by atoms with van der Waals surface area (Å²) in [6, 6.07) is 15.4. The molecule has 3 aliphatic rings. The van der Waals surface area contributed by atoms with Crippen molar-refractivity contribution in [2.75, 3.05) is 31.4 Å². The Hall–Kier alpha value is -3.04. The lowest BCUT2D eigenvalue weighted by Crippen LogP contribution is -2.49. The smallest absolute Gasteiger partial charge is 0.407 e. The van der Waals surface area contributed by atoms with Gasteiger partial charge in [-0.15, -0.1) is 11.8 Å². The predicted molar refractivity (Wildman–Crippen MR) is 127 cm³/mol. The Morgan fingerprint density at radius 3 is 2.44 bits per heavy atom. The lowest BCUT2D eigenvalue weighted by molar-refractivity contribution is -0.152. The summed E-state index contributed by atoms with van der Waals surface area (Å²) < 4.78 is 11.2. The van der Waals surface area contributed by atoms with Gasteiger partial charge in [0.1, 0.15) is 18.8 Å². The first-order valence-electron chi connectivity index (χ1n) is 11.4. The van der Waals surface area contributed by atoms with Gasteiger partial charge in [0.2, 0.25) is 0 Å². The van der Waals surface area contributed by atoms with Crippen molar-refractivity contribution in [1.82, 2.24) is 10.2 Å². The van der Waals surface area contributed by atoms with Gasteiger partial charge in [0.25, 0.3) is 5.91 Å². The number of aliphatic carboxylic acids is 1. The fourth-order valence-corrected chi connectivity index (χ4v) is 6.16. The van der Waals surface area contributed by atoms with Crippen molar-refractivity contribution in [3.63, 3.8) is 0 Å². The number of carboxylic acids is 1. The molecule has 0 bridgehead atoms. The second kappa shape index (κ2) is 9.68. The van der Waals surface area contributed by atoms with Gasteiger partial charge < -0.3 is 24.8 Å². The second-order valence-corrected chi connectivity index (χ2v) is 9.71. The molecule has 2 aromatic carbocycles. The number of carbonyl (C=O) groups excluding carboxylic acids is 2. The minimum Gasteiger partial charge on any atom is -0.480 e. The molecular formula is C25H26N2O6S. The van der Waals surface area contributed by atoms with E-state index in [-0.39, 0.29) is 30.9 Å². The van der Waals surface area contributed by atoms with Crippen molar-refractivity contribution in [3.05, 3.63) is 59.7 Å². The maximum Gasteiger partial charge on any atom is 0.407 e. The third-order valence-corrected chi connectivity index (χ3v) is 7.77. The molecule has 9 heteroatoms. The van der Waals surface area contributed by atoms with Crippen LogP contribution in [0.5, 0.6) is 0 Å². The molecule has 2 amide bonds. The van der Waals surface area contributed by atoms with Crippen molar-refractivity contribution >= 4 is 29.7 Å². The predicted octanol–water partition coefficient (Wildman–Crippen LogP) is 2.92. The van der Waals surface area contributed by atoms with Crippen molar-refractivity contribution < 1.29 is 29.0 Å². The zero-order chi connectivity index (χ0) is 23.7. The lowest BCUT2D eigenvalue weighted by Gasteiger charge is -2.26. The Kier molecular flexibility index (Phi) is 6.47. The van der Waals surface area contributed by atoms with E-state index in [1.54, 1.807) is 0 Å². The van der Waals surface area contributed by atoms with E-state index in [4.69, 9.17) is 9.47 Å². The number of rotatable bonds is 6. The van der Waals surface area contributed by atoms with Crippen LogP contribution in [0, 0.1) is 5.92 Å². The monoisotopic (exact) mass is 482 g/mol. The summed E-state index contributed by atoms with van der Waals surface area (Å²) in [6.07, 6.45) is -0.687. The van der Waals surface area contributed by atoms with E-state index in [2.05, 4.69) is 29.6 Å². The largest absolute Gasteiger partial charge is 0.480 e. The van der Waals surface area contributed by atoms with Gasteiger partial charge in [-0.05, 0) is 28.7 Å². The molecule has 0 spiro atoms. The van der Waals surface area contributed by atoms with E-state index >= 15 is 0 Å². The summed E-state index contributed by atoms with van der Waals surface area (Å²) in [5, 5.41) is 12.1. The van der Waals surface area contributed by atoms with E-state index in [0.29, 0.717) is 24.7 Å². The SMILES string of the molecule is O=C(NC[C@H]1CCO[C@H]1C(=O)N1CSC[C@H]1C(=O)O)OCC1c2ccccc2-c2ccccc21. The molecule has 0 unspecified atom stereocenters. The second-order valence-electron chi connectivity index (χ2n) is 8.71. The Morgan fingerprint density at radius 2 is 1.76 bits per heavy atom. The van der Waals surface area contributed by atoms with E-state index < -0.39 is 24.2 Å². The summed E-state index contributed by atoms with van der Waals surface area (Å²) in [7, 11) is 0. The summed E-state index contributed by atoms with van der Waals surface area (Å²) in [5.74, 6) is -0.881. The number of hydrogen-bond donors (Lipinski definition) is 2. The molecule has 8 nitrogen and oxygen atoms in total. The number of carbonyl (C=O) groups is 3. The quantitative estimate of drug-likeness (QED) is 0.652. The molecule has 2 aliphatic heterocycles. The number of thioether (sulfide) groups is 1. The molecule has 0 saturated carbocycles. The van der Waals surface area contributed by atoms with Crippen LogP contribution in [0.15, 0.2) is 48.5 Å². The van der Waals surface area contributed by atoms with Crippen LogP contribution in [0.4, 0.5) is 4.79 Å². The number of benzene rings is 2. The van der Waals surface area contributed by atoms with Gasteiger partial charge in [0.15, 0.2) is 0 Å². The maximum absolute atomic E-state index is 12.9. The fourth-order valence-electron chi connectivity index (χ4n) is 5.01. The number of nitrogens with zero attached hydrogens (tertiary/aromatic N) is 1. The first-order chi connectivity index (χ1) is 16.5. The summed E-state index contributed by atoms with van der Waals surface area (Å²) in [4.78, 5) is 38.2. The van der Waals surface area contributed by atoms with Crippen molar-refractivity contribution in [1.29, 1.82) is 0 Å². The van der Waals surface area contributed by atoms with E-state index in [0.717, 1.165) is 22.3 Å². The van der Waals surface area contributed by atoms with Crippen LogP contribution in [0.3, 0.4) is 0 Å². The molecule has 5 rings (SSSR count). The van der Waals surface area contributed by atoms with Crippen LogP contribution in [0.2, 0.25) is 0 Å². The highest BCUT2D eigenvalue weighted by atomic mass is 32.2. The molecule has 178 valence electrons. The molecule has 1 aliphatic carbocycles. The van der Waals surface area contributed by atoms with Gasteiger partial charge in [-0.1, -0.05) is 48.5 Å². The summed E-state index contributed by atoms with van der Waals surface area (Å²) >= 11 is 1.41. The molecule has 0 radical (unpaired) electrons. The van der Waals surface area contributed by atoms with Crippen LogP contribution >= 0.6 is 11.8 Å². The minimum atomic E-state index is -1.01. The van der Waals surface area contributed by atoms with Crippen LogP contribution in [-0.4, -0.2) is 71.5 Å². The fraction of sp³-hybridized carbons (Fsp3) is 0.400. The molecule has 2 N–H and O–H groups in total. The number of hydrogen-bond acceptors (Lipinski definition) is 6. The normalized spacial score (nSPS) is 23.4. The lowest BCUT2D eigenvalue weighted by atomic mass is 9.98. The number of nitrogens with one attached hydrogen (secondary N) is 1. The molecule has 2 fully saturated rings. The van der Waals surface area contributed by atoms with Crippen LogP contribution in [0.1, 0.15) is 23.5 Å². The standard InChI is InChI=1S/C25H26N2O6S/c28-23(27-14-34-13-21(27)24(29)30)22-15(9-10-32-22)11-26-25(31)33-12-20-18-7-3-1-5-16(18)17-6-2-4-8-19(17)20/h1-8,15,20-22H,9-14H2,(H,26,31)(H,29,30)/t15-,21+,22-/m1/s1. The van der Waals surface area contributed by atoms with E-state index in [9.17, 15) is 19.5 Å². The minimum absolute atomic E-state index is 0.0251. The molecule has 2 saturated heterocycles. The highest BCUT2D eigenvalue weighted by molar-refractivity contribution is 7.99. The number of amides is 2. The Bertz CT molecular complexity index is 1060. The zero-order valence-electron chi connectivity index (χ0n) is 18.5. The van der Waals surface area contributed by atoms with Gasteiger partial charge in [0.05, 0.1) is 5.88 Å². The maximum atomic E-state index is 12.9. The van der Waals surface area contributed by atoms with Gasteiger partial charge in [-0.2, -0.15) is 0 Å². The Balaban J connectivity index is 1.17. The van der Waals surface area contributed by atoms with E-state index in [1.807, 2.05) is 24.3 Å². The number of carboxylic acid groups (broad SMARTS) is 1. The molecular weight excluding hydrogens is 456 g/mol. The van der Waals surface area contributed by atoms with Gasteiger partial charge in [0, 0.05) is 30.7 Å².